The monoisotopic (exact) mass is 367 g/mol. The summed E-state index contributed by atoms with van der Waals surface area (Å²) in [6.07, 6.45) is -1.77. The van der Waals surface area contributed by atoms with Crippen molar-refractivity contribution >= 4 is 11.7 Å². The fourth-order valence-electron chi connectivity index (χ4n) is 3.14. The lowest BCUT2D eigenvalue weighted by molar-refractivity contribution is -0.151. The number of fused-ring (bicyclic) bond motifs is 2. The maximum atomic E-state index is 12.3. The van der Waals surface area contributed by atoms with Gasteiger partial charge in [-0.2, -0.15) is 0 Å². The second-order valence-electron chi connectivity index (χ2n) is 6.19. The zero-order valence-corrected chi connectivity index (χ0v) is 14.8. The van der Waals surface area contributed by atoms with Crippen LogP contribution in [0.4, 0.5) is 10.5 Å². The van der Waals surface area contributed by atoms with E-state index in [4.69, 9.17) is 18.9 Å². The number of hydrogen-bond acceptors (Lipinski definition) is 7. The summed E-state index contributed by atoms with van der Waals surface area (Å²) in [5.74, 6) is 0.700. The van der Waals surface area contributed by atoms with Crippen LogP contribution < -0.4 is 20.7 Å². The molecule has 26 heavy (non-hydrogen) atoms. The highest BCUT2D eigenvalue weighted by Gasteiger charge is 2.50. The molecule has 0 radical (unpaired) electrons. The average molecular weight is 367 g/mol. The number of aliphatic hydroxyl groups excluding tert-OH is 1. The van der Waals surface area contributed by atoms with Gasteiger partial charge in [-0.25, -0.2) is 4.79 Å². The van der Waals surface area contributed by atoms with E-state index in [0.29, 0.717) is 31.2 Å². The number of benzene rings is 1. The number of carbonyl (C=O) groups is 1. The summed E-state index contributed by atoms with van der Waals surface area (Å²) in [6.45, 7) is 1.35. The van der Waals surface area contributed by atoms with E-state index in [1.807, 2.05) is 0 Å². The van der Waals surface area contributed by atoms with Gasteiger partial charge in [-0.05, 0) is 24.3 Å². The normalized spacial score (nSPS) is 30.0. The molecule has 2 aliphatic heterocycles. The zero-order chi connectivity index (χ0) is 18.5. The Bertz CT molecular complexity index is 599. The van der Waals surface area contributed by atoms with Crippen LogP contribution in [0.15, 0.2) is 24.3 Å². The quantitative estimate of drug-likeness (QED) is 0.499. The topological polar surface area (TPSA) is 110 Å². The molecule has 9 heteroatoms. The van der Waals surface area contributed by atoms with Gasteiger partial charge in [-0.3, -0.25) is 0 Å². The molecule has 2 bridgehead atoms. The summed E-state index contributed by atoms with van der Waals surface area (Å²) in [5.41, 5.74) is 0.616. The van der Waals surface area contributed by atoms with E-state index in [0.717, 1.165) is 0 Å². The highest BCUT2D eigenvalue weighted by molar-refractivity contribution is 5.89. The number of ether oxygens (including phenoxy) is 4. The van der Waals surface area contributed by atoms with Gasteiger partial charge in [0.25, 0.3) is 0 Å². The Hall–Kier alpha value is -1.91. The Balaban J connectivity index is 1.58. The van der Waals surface area contributed by atoms with Crippen LogP contribution in [0.2, 0.25) is 0 Å². The number of carbonyl (C=O) groups excluding carboxylic acids is 1. The van der Waals surface area contributed by atoms with Gasteiger partial charge in [0.15, 0.2) is 6.29 Å². The van der Waals surface area contributed by atoms with E-state index >= 15 is 0 Å². The average Bonchev–Trinajstić information content (AvgIpc) is 3.08. The first-order valence-electron chi connectivity index (χ1n) is 8.51. The summed E-state index contributed by atoms with van der Waals surface area (Å²) < 4.78 is 21.4. The van der Waals surface area contributed by atoms with Gasteiger partial charge in [0.05, 0.1) is 38.5 Å². The lowest BCUT2D eigenvalue weighted by Gasteiger charge is -2.39. The van der Waals surface area contributed by atoms with Crippen molar-refractivity contribution in [2.24, 2.45) is 0 Å². The lowest BCUT2D eigenvalue weighted by atomic mass is 9.96. The van der Waals surface area contributed by atoms with Crippen LogP contribution in [-0.4, -0.2) is 75.7 Å². The minimum atomic E-state index is -0.847. The molecule has 144 valence electrons. The minimum absolute atomic E-state index is 0.317. The van der Waals surface area contributed by atoms with Crippen LogP contribution in [0.1, 0.15) is 0 Å². The third-order valence-electron chi connectivity index (χ3n) is 4.50. The third-order valence-corrected chi connectivity index (χ3v) is 4.50. The van der Waals surface area contributed by atoms with E-state index in [9.17, 15) is 9.90 Å². The standard InChI is InChI=1S/C17H25N3O6/c1-23-8-7-18-14-15(21)13(12-9-25-16(14)26-12)20-17(22)19-10-3-5-11(24-2)6-4-10/h3-6,12-16,18,21H,7-9H2,1-2H3,(H2,19,20,22). The largest absolute Gasteiger partial charge is 0.497 e. The summed E-state index contributed by atoms with van der Waals surface area (Å²) in [5, 5.41) is 19.3. The molecule has 1 aromatic carbocycles. The zero-order valence-electron chi connectivity index (χ0n) is 14.8. The smallest absolute Gasteiger partial charge is 0.319 e. The number of anilines is 1. The maximum absolute atomic E-state index is 12.3. The number of aliphatic hydroxyl groups is 1. The van der Waals surface area contributed by atoms with E-state index in [-0.39, 0.29) is 0 Å². The number of rotatable bonds is 7. The molecule has 1 aromatic rings. The molecular formula is C17H25N3O6. The Morgan fingerprint density at radius 2 is 2.04 bits per heavy atom. The SMILES string of the molecule is COCCNC1C2OCC(O2)C(NC(=O)Nc2ccc(OC)cc2)C1O. The Morgan fingerprint density at radius 3 is 2.73 bits per heavy atom. The molecule has 2 amide bonds. The number of nitrogens with one attached hydrogen (secondary N) is 3. The first kappa shape index (κ1) is 18.9. The second kappa shape index (κ2) is 8.65. The van der Waals surface area contributed by atoms with Gasteiger partial charge in [0.2, 0.25) is 0 Å². The first-order chi connectivity index (χ1) is 12.6. The number of hydrogen-bond donors (Lipinski definition) is 4. The molecule has 5 unspecified atom stereocenters. The van der Waals surface area contributed by atoms with E-state index in [2.05, 4.69) is 16.0 Å². The molecule has 0 saturated carbocycles. The van der Waals surface area contributed by atoms with Crippen molar-refractivity contribution in [3.8, 4) is 5.75 Å². The molecule has 0 aliphatic carbocycles. The van der Waals surface area contributed by atoms with Gasteiger partial charge in [0.1, 0.15) is 11.9 Å². The Morgan fingerprint density at radius 1 is 1.27 bits per heavy atom. The Labute approximate surface area is 151 Å². The van der Waals surface area contributed by atoms with Crippen molar-refractivity contribution in [1.82, 2.24) is 10.6 Å². The lowest BCUT2D eigenvalue weighted by Crippen LogP contribution is -2.65. The van der Waals surface area contributed by atoms with Crippen molar-refractivity contribution < 1.29 is 28.8 Å². The van der Waals surface area contributed by atoms with Crippen LogP contribution in [0.25, 0.3) is 0 Å². The third kappa shape index (κ3) is 4.25. The molecule has 2 saturated heterocycles. The van der Waals surface area contributed by atoms with E-state index in [1.165, 1.54) is 0 Å². The van der Waals surface area contributed by atoms with Crippen molar-refractivity contribution in [1.29, 1.82) is 0 Å². The van der Waals surface area contributed by atoms with Gasteiger partial charge in [-0.1, -0.05) is 0 Å². The van der Waals surface area contributed by atoms with Crippen LogP contribution >= 0.6 is 0 Å². The number of methoxy groups -OCH3 is 2. The predicted octanol–water partition coefficient (Wildman–Crippen LogP) is -0.0941. The van der Waals surface area contributed by atoms with Crippen molar-refractivity contribution in [2.75, 3.05) is 39.3 Å². The van der Waals surface area contributed by atoms with Crippen molar-refractivity contribution in [3.63, 3.8) is 0 Å². The Kier molecular flexibility index (Phi) is 6.28. The maximum Gasteiger partial charge on any atom is 0.319 e. The number of amides is 2. The molecule has 0 aromatic heterocycles. The summed E-state index contributed by atoms with van der Waals surface area (Å²) >= 11 is 0. The van der Waals surface area contributed by atoms with Gasteiger partial charge in [0, 0.05) is 19.3 Å². The molecule has 9 nitrogen and oxygen atoms in total. The first-order valence-corrected chi connectivity index (χ1v) is 8.51. The predicted molar refractivity (Wildman–Crippen MR) is 93.2 cm³/mol. The van der Waals surface area contributed by atoms with Crippen LogP contribution in [-0.2, 0) is 14.2 Å². The fourth-order valence-corrected chi connectivity index (χ4v) is 3.14. The molecule has 2 fully saturated rings. The van der Waals surface area contributed by atoms with E-state index < -0.39 is 36.6 Å². The molecule has 3 rings (SSSR count). The van der Waals surface area contributed by atoms with Gasteiger partial charge in [-0.15, -0.1) is 0 Å². The molecule has 4 N–H and O–H groups in total. The van der Waals surface area contributed by atoms with Crippen molar-refractivity contribution in [2.45, 2.75) is 30.6 Å². The van der Waals surface area contributed by atoms with Crippen molar-refractivity contribution in [3.05, 3.63) is 24.3 Å². The minimum Gasteiger partial charge on any atom is -0.497 e. The molecule has 5 atom stereocenters. The highest BCUT2D eigenvalue weighted by Crippen LogP contribution is 2.28. The molecule has 2 aliphatic rings. The molecular weight excluding hydrogens is 342 g/mol. The highest BCUT2D eigenvalue weighted by atomic mass is 16.7. The summed E-state index contributed by atoms with van der Waals surface area (Å²) in [6, 6.07) is 5.50. The number of urea groups is 1. The van der Waals surface area contributed by atoms with Gasteiger partial charge >= 0.3 is 6.03 Å². The summed E-state index contributed by atoms with van der Waals surface area (Å²) in [7, 11) is 3.18. The molecule has 2 heterocycles. The van der Waals surface area contributed by atoms with E-state index in [1.54, 1.807) is 38.5 Å². The molecule has 0 spiro atoms. The van der Waals surface area contributed by atoms with Crippen LogP contribution in [0.3, 0.4) is 0 Å². The van der Waals surface area contributed by atoms with Crippen LogP contribution in [0.5, 0.6) is 5.75 Å². The second-order valence-corrected chi connectivity index (χ2v) is 6.19. The summed E-state index contributed by atoms with van der Waals surface area (Å²) in [4.78, 5) is 12.3. The van der Waals surface area contributed by atoms with Gasteiger partial charge < -0.3 is 40.0 Å². The fraction of sp³-hybridized carbons (Fsp3) is 0.588. The van der Waals surface area contributed by atoms with Crippen LogP contribution in [0, 0.1) is 0 Å².